The Kier molecular flexibility index (Phi) is 5.77. The van der Waals surface area contributed by atoms with Crippen LogP contribution in [0.2, 0.25) is 0 Å². The maximum Gasteiger partial charge on any atom is 0.322 e. The van der Waals surface area contributed by atoms with Crippen molar-refractivity contribution in [2.75, 3.05) is 23.7 Å². The predicted molar refractivity (Wildman–Crippen MR) is 102 cm³/mol. The van der Waals surface area contributed by atoms with E-state index in [1.165, 1.54) is 5.56 Å². The summed E-state index contributed by atoms with van der Waals surface area (Å²) in [5.74, 6) is -0.0176. The van der Waals surface area contributed by atoms with E-state index >= 15 is 0 Å². The number of aliphatic carboxylic acids is 1. The molecule has 6 heteroatoms. The van der Waals surface area contributed by atoms with Gasteiger partial charge in [-0.25, -0.2) is 4.98 Å². The van der Waals surface area contributed by atoms with E-state index in [4.69, 9.17) is 5.11 Å². The van der Waals surface area contributed by atoms with E-state index < -0.39 is 5.97 Å². The molecule has 6 nitrogen and oxygen atoms in total. The lowest BCUT2D eigenvalue weighted by atomic mass is 10.1. The van der Waals surface area contributed by atoms with Crippen molar-refractivity contribution in [2.45, 2.75) is 6.42 Å². The van der Waals surface area contributed by atoms with Crippen molar-refractivity contribution in [3.8, 4) is 11.3 Å². The number of carbonyl (C=O) groups is 1. The molecule has 0 atom stereocenters. The predicted octanol–water partition coefficient (Wildman–Crippen LogP) is 3.29. The van der Waals surface area contributed by atoms with Crippen LogP contribution in [0.1, 0.15) is 5.56 Å². The summed E-state index contributed by atoms with van der Waals surface area (Å²) in [6.45, 7) is 0.481. The molecule has 0 aliphatic rings. The zero-order valence-electron chi connectivity index (χ0n) is 14.2. The molecule has 132 valence electrons. The average Bonchev–Trinajstić information content (AvgIpc) is 2.68. The maximum atomic E-state index is 10.8. The third kappa shape index (κ3) is 5.04. The Labute approximate surface area is 152 Å². The highest BCUT2D eigenvalue weighted by molar-refractivity contribution is 5.72. The van der Waals surface area contributed by atoms with E-state index in [-0.39, 0.29) is 12.5 Å². The van der Waals surface area contributed by atoms with Crippen molar-refractivity contribution in [1.29, 1.82) is 0 Å². The van der Waals surface area contributed by atoms with Crippen LogP contribution in [-0.2, 0) is 11.2 Å². The van der Waals surface area contributed by atoms with Crippen LogP contribution in [0.4, 0.5) is 11.8 Å². The summed E-state index contributed by atoms with van der Waals surface area (Å²) in [5, 5.41) is 14.9. The minimum Gasteiger partial charge on any atom is -0.480 e. The van der Waals surface area contributed by atoms with E-state index in [1.807, 2.05) is 54.6 Å². The number of hydrogen-bond acceptors (Lipinski definition) is 5. The van der Waals surface area contributed by atoms with Crippen molar-refractivity contribution in [2.24, 2.45) is 0 Å². The largest absolute Gasteiger partial charge is 0.480 e. The number of nitrogens with one attached hydrogen (secondary N) is 2. The molecule has 0 unspecified atom stereocenters. The topological polar surface area (TPSA) is 87.1 Å². The molecule has 0 aliphatic heterocycles. The van der Waals surface area contributed by atoms with Crippen LogP contribution in [-0.4, -0.2) is 34.1 Å². The van der Waals surface area contributed by atoms with E-state index in [2.05, 4.69) is 32.7 Å². The fourth-order valence-corrected chi connectivity index (χ4v) is 2.51. The standard InChI is InChI=1S/C20H20N4O2/c25-19(26)14-22-20-23-17(16-9-5-2-6-10-16)13-18(24-20)21-12-11-15-7-3-1-4-8-15/h1-10,13H,11-12,14H2,(H,25,26)(H2,21,22,23,24). The molecule has 0 radical (unpaired) electrons. The fraction of sp³-hybridized carbons (Fsp3) is 0.150. The first-order valence-corrected chi connectivity index (χ1v) is 8.39. The third-order valence-electron chi connectivity index (χ3n) is 3.76. The lowest BCUT2D eigenvalue weighted by molar-refractivity contribution is -0.134. The van der Waals surface area contributed by atoms with Crippen LogP contribution in [0, 0.1) is 0 Å². The zero-order valence-corrected chi connectivity index (χ0v) is 14.2. The van der Waals surface area contributed by atoms with Gasteiger partial charge in [-0.2, -0.15) is 4.98 Å². The van der Waals surface area contributed by atoms with Crippen LogP contribution in [0.5, 0.6) is 0 Å². The highest BCUT2D eigenvalue weighted by Crippen LogP contribution is 2.21. The molecule has 3 aromatic rings. The molecule has 2 aromatic carbocycles. The van der Waals surface area contributed by atoms with E-state index in [0.29, 0.717) is 12.4 Å². The van der Waals surface area contributed by atoms with Crippen molar-refractivity contribution < 1.29 is 9.90 Å². The molecule has 3 N–H and O–H groups in total. The van der Waals surface area contributed by atoms with Gasteiger partial charge in [0.15, 0.2) is 0 Å². The Balaban J connectivity index is 1.76. The molecule has 0 saturated heterocycles. The molecular formula is C20H20N4O2. The van der Waals surface area contributed by atoms with E-state index in [0.717, 1.165) is 17.7 Å². The smallest absolute Gasteiger partial charge is 0.322 e. The minimum atomic E-state index is -0.961. The summed E-state index contributed by atoms with van der Waals surface area (Å²) in [7, 11) is 0. The second-order valence-electron chi connectivity index (χ2n) is 5.74. The Bertz CT molecular complexity index is 854. The highest BCUT2D eigenvalue weighted by Gasteiger charge is 2.08. The average molecular weight is 348 g/mol. The van der Waals surface area contributed by atoms with Crippen molar-refractivity contribution >= 4 is 17.7 Å². The highest BCUT2D eigenvalue weighted by atomic mass is 16.4. The summed E-state index contributed by atoms with van der Waals surface area (Å²) in [6, 6.07) is 21.8. The molecule has 1 aromatic heterocycles. The van der Waals surface area contributed by atoms with E-state index in [1.54, 1.807) is 0 Å². The van der Waals surface area contributed by atoms with Gasteiger partial charge in [-0.05, 0) is 12.0 Å². The van der Waals surface area contributed by atoms with Gasteiger partial charge in [-0.3, -0.25) is 4.79 Å². The summed E-state index contributed by atoms with van der Waals surface area (Å²) >= 11 is 0. The quantitative estimate of drug-likeness (QED) is 0.579. The molecule has 0 aliphatic carbocycles. The number of aromatic nitrogens is 2. The first-order valence-electron chi connectivity index (χ1n) is 8.39. The molecule has 0 saturated carbocycles. The lowest BCUT2D eigenvalue weighted by Gasteiger charge is -2.11. The van der Waals surface area contributed by atoms with Crippen LogP contribution in [0.3, 0.4) is 0 Å². The Hall–Kier alpha value is -3.41. The van der Waals surface area contributed by atoms with Crippen LogP contribution >= 0.6 is 0 Å². The normalized spacial score (nSPS) is 10.3. The SMILES string of the molecule is O=C(O)CNc1nc(NCCc2ccccc2)cc(-c2ccccc2)n1. The lowest BCUT2D eigenvalue weighted by Crippen LogP contribution is -2.15. The van der Waals surface area contributed by atoms with Crippen molar-refractivity contribution in [3.63, 3.8) is 0 Å². The second-order valence-corrected chi connectivity index (χ2v) is 5.74. The van der Waals surface area contributed by atoms with Crippen LogP contribution in [0.25, 0.3) is 11.3 Å². The van der Waals surface area contributed by atoms with Gasteiger partial charge in [0, 0.05) is 18.2 Å². The molecule has 0 bridgehead atoms. The maximum absolute atomic E-state index is 10.8. The van der Waals surface area contributed by atoms with E-state index in [9.17, 15) is 4.79 Å². The van der Waals surface area contributed by atoms with Crippen molar-refractivity contribution in [3.05, 3.63) is 72.3 Å². The summed E-state index contributed by atoms with van der Waals surface area (Å²) < 4.78 is 0. The minimum absolute atomic E-state index is 0.234. The number of nitrogens with zero attached hydrogens (tertiary/aromatic N) is 2. The Morgan fingerprint density at radius 2 is 1.62 bits per heavy atom. The molecule has 26 heavy (non-hydrogen) atoms. The number of hydrogen-bond donors (Lipinski definition) is 3. The summed E-state index contributed by atoms with van der Waals surface area (Å²) in [4.78, 5) is 19.6. The molecule has 1 heterocycles. The molecule has 0 amide bonds. The van der Waals surface area contributed by atoms with Gasteiger partial charge in [0.25, 0.3) is 0 Å². The number of anilines is 2. The van der Waals surface area contributed by atoms with Gasteiger partial charge in [0.05, 0.1) is 5.69 Å². The van der Waals surface area contributed by atoms with Gasteiger partial charge in [0.2, 0.25) is 5.95 Å². The Morgan fingerprint density at radius 3 is 2.31 bits per heavy atom. The van der Waals surface area contributed by atoms with Gasteiger partial charge >= 0.3 is 5.97 Å². The van der Waals surface area contributed by atoms with Gasteiger partial charge in [-0.15, -0.1) is 0 Å². The Morgan fingerprint density at radius 1 is 0.923 bits per heavy atom. The molecule has 3 rings (SSSR count). The fourth-order valence-electron chi connectivity index (χ4n) is 2.51. The van der Waals surface area contributed by atoms with Crippen LogP contribution < -0.4 is 10.6 Å². The summed E-state index contributed by atoms with van der Waals surface area (Å²) in [5.41, 5.74) is 2.91. The second kappa shape index (κ2) is 8.62. The monoisotopic (exact) mass is 348 g/mol. The first-order chi connectivity index (χ1) is 12.7. The number of carboxylic acid groups (broad SMARTS) is 1. The third-order valence-corrected chi connectivity index (χ3v) is 3.76. The van der Waals surface area contributed by atoms with Gasteiger partial charge in [0.1, 0.15) is 12.4 Å². The first kappa shape index (κ1) is 17.4. The van der Waals surface area contributed by atoms with Crippen LogP contribution in [0.15, 0.2) is 66.7 Å². The van der Waals surface area contributed by atoms with Gasteiger partial charge < -0.3 is 15.7 Å². The van der Waals surface area contributed by atoms with Crippen molar-refractivity contribution in [1.82, 2.24) is 9.97 Å². The molecule has 0 fully saturated rings. The molecular weight excluding hydrogens is 328 g/mol. The number of carboxylic acids is 1. The van der Waals surface area contributed by atoms with Gasteiger partial charge in [-0.1, -0.05) is 60.7 Å². The number of rotatable bonds is 8. The molecule has 0 spiro atoms. The number of benzene rings is 2. The summed E-state index contributed by atoms with van der Waals surface area (Å²) in [6.07, 6.45) is 0.864. The zero-order chi connectivity index (χ0) is 18.2.